The number of ether oxygens (including phenoxy) is 3. The maximum absolute atomic E-state index is 12.9. The summed E-state index contributed by atoms with van der Waals surface area (Å²) in [5, 5.41) is 10.9. The molecule has 2 fully saturated rings. The first kappa shape index (κ1) is 17.2. The molecule has 2 aliphatic heterocycles. The molecule has 5 nitrogen and oxygen atoms in total. The van der Waals surface area contributed by atoms with Crippen LogP contribution in [-0.2, 0) is 19.0 Å². The van der Waals surface area contributed by atoms with E-state index in [1.807, 2.05) is 30.3 Å². The van der Waals surface area contributed by atoms with Crippen LogP contribution in [0, 0.1) is 5.92 Å². The van der Waals surface area contributed by atoms with Crippen LogP contribution in [0.4, 0.5) is 0 Å². The van der Waals surface area contributed by atoms with E-state index in [2.05, 4.69) is 6.58 Å². The summed E-state index contributed by atoms with van der Waals surface area (Å²) in [6, 6.07) is 9.66. The molecule has 1 aliphatic carbocycles. The molecule has 4 rings (SSSR count). The lowest BCUT2D eigenvalue weighted by molar-refractivity contribution is -0.224. The molecule has 2 heterocycles. The van der Waals surface area contributed by atoms with Gasteiger partial charge in [0.05, 0.1) is 12.0 Å². The van der Waals surface area contributed by atoms with E-state index in [9.17, 15) is 9.90 Å². The largest absolute Gasteiger partial charge is 0.459 e. The molecule has 0 aromatic heterocycles. The van der Waals surface area contributed by atoms with Gasteiger partial charge in [0.25, 0.3) is 0 Å². The van der Waals surface area contributed by atoms with Crippen molar-refractivity contribution in [3.63, 3.8) is 0 Å². The minimum atomic E-state index is -0.767. The van der Waals surface area contributed by atoms with Crippen molar-refractivity contribution in [1.29, 1.82) is 0 Å². The van der Waals surface area contributed by atoms with Gasteiger partial charge in [-0.25, -0.2) is 0 Å². The third kappa shape index (κ3) is 2.90. The topological polar surface area (TPSA) is 65.0 Å². The lowest BCUT2D eigenvalue weighted by Crippen LogP contribution is -2.54. The Morgan fingerprint density at radius 3 is 2.35 bits per heavy atom. The van der Waals surface area contributed by atoms with Crippen molar-refractivity contribution in [3.8, 4) is 0 Å². The summed E-state index contributed by atoms with van der Waals surface area (Å²) in [7, 11) is 0. The van der Waals surface area contributed by atoms with E-state index in [1.165, 1.54) is 0 Å². The molecule has 1 saturated heterocycles. The van der Waals surface area contributed by atoms with E-state index in [4.69, 9.17) is 14.2 Å². The van der Waals surface area contributed by atoms with Crippen molar-refractivity contribution in [2.24, 2.45) is 5.92 Å². The molecule has 2 spiro atoms. The zero-order valence-corrected chi connectivity index (χ0v) is 14.7. The average Bonchev–Trinajstić information content (AvgIpc) is 3.11. The van der Waals surface area contributed by atoms with Crippen molar-refractivity contribution in [1.82, 2.24) is 0 Å². The van der Waals surface area contributed by atoms with Crippen LogP contribution in [0.15, 0.2) is 55.5 Å². The summed E-state index contributed by atoms with van der Waals surface area (Å²) in [6.45, 7) is 3.87. The number of carbonyl (C=O) groups is 1. The lowest BCUT2D eigenvalue weighted by atomic mass is 9.71. The zero-order chi connectivity index (χ0) is 18.2. The number of hydrogen-bond acceptors (Lipinski definition) is 5. The molecule has 3 unspecified atom stereocenters. The fourth-order valence-corrected chi connectivity index (χ4v) is 4.50. The molecule has 3 aliphatic rings. The third-order valence-corrected chi connectivity index (χ3v) is 5.95. The predicted octanol–water partition coefficient (Wildman–Crippen LogP) is 3.41. The van der Waals surface area contributed by atoms with Gasteiger partial charge in [-0.2, -0.15) is 0 Å². The van der Waals surface area contributed by atoms with Gasteiger partial charge in [-0.15, -0.1) is 6.58 Å². The van der Waals surface area contributed by atoms with Crippen molar-refractivity contribution >= 4 is 5.97 Å². The molecule has 5 heteroatoms. The molecule has 3 atom stereocenters. The molecule has 138 valence electrons. The summed E-state index contributed by atoms with van der Waals surface area (Å²) < 4.78 is 17.1. The summed E-state index contributed by atoms with van der Waals surface area (Å²) >= 11 is 0. The van der Waals surface area contributed by atoms with Gasteiger partial charge in [0.1, 0.15) is 18.1 Å². The highest BCUT2D eigenvalue weighted by molar-refractivity contribution is 5.76. The minimum Gasteiger partial charge on any atom is -0.459 e. The Morgan fingerprint density at radius 2 is 1.77 bits per heavy atom. The van der Waals surface area contributed by atoms with E-state index in [0.717, 1.165) is 5.56 Å². The standard InChI is InChI=1S/C21H24O5/c1-2-16(15-6-4-3-5-7-15)18-17(22)14-20(26-19(18)23)8-10-21(11-9-20)24-12-13-25-21/h2-7,12-13,16-18,22H,1,8-11,14H2. The molecule has 0 radical (unpaired) electrons. The smallest absolute Gasteiger partial charge is 0.313 e. The Balaban J connectivity index is 1.49. The zero-order valence-electron chi connectivity index (χ0n) is 14.7. The number of esters is 1. The number of hydrogen-bond donors (Lipinski definition) is 1. The van der Waals surface area contributed by atoms with Gasteiger partial charge in [-0.05, 0) is 18.4 Å². The van der Waals surface area contributed by atoms with Crippen LogP contribution >= 0.6 is 0 Å². The van der Waals surface area contributed by atoms with Crippen LogP contribution in [0.25, 0.3) is 0 Å². The van der Waals surface area contributed by atoms with Crippen LogP contribution in [0.3, 0.4) is 0 Å². The van der Waals surface area contributed by atoms with E-state index in [0.29, 0.717) is 32.1 Å². The van der Waals surface area contributed by atoms with Crippen molar-refractivity contribution in [2.45, 2.75) is 55.5 Å². The Kier molecular flexibility index (Phi) is 4.27. The first-order chi connectivity index (χ1) is 12.6. The quantitative estimate of drug-likeness (QED) is 0.664. The normalized spacial score (nSPS) is 29.7. The number of benzene rings is 1. The summed E-state index contributed by atoms with van der Waals surface area (Å²) in [5.74, 6) is -1.86. The summed E-state index contributed by atoms with van der Waals surface area (Å²) in [4.78, 5) is 12.9. The van der Waals surface area contributed by atoms with Gasteiger partial charge in [0.15, 0.2) is 0 Å². The second-order valence-electron chi connectivity index (χ2n) is 7.49. The number of carbonyl (C=O) groups excluding carboxylic acids is 1. The third-order valence-electron chi connectivity index (χ3n) is 5.95. The first-order valence-corrected chi connectivity index (χ1v) is 9.16. The SMILES string of the molecule is C=CC(c1ccccc1)C1C(=O)OC2(CCC3(CC2)OC=CO3)CC1O. The highest BCUT2D eigenvalue weighted by Gasteiger charge is 2.54. The Bertz CT molecular complexity index is 692. The number of rotatable bonds is 3. The molecular weight excluding hydrogens is 332 g/mol. The van der Waals surface area contributed by atoms with Gasteiger partial charge in [0, 0.05) is 25.2 Å². The lowest BCUT2D eigenvalue weighted by Gasteiger charge is -2.48. The maximum atomic E-state index is 12.9. The van der Waals surface area contributed by atoms with Crippen molar-refractivity contribution in [3.05, 3.63) is 61.1 Å². The Hall–Kier alpha value is -2.27. The molecule has 1 aromatic rings. The molecule has 1 aromatic carbocycles. The molecular formula is C21H24O5. The molecule has 26 heavy (non-hydrogen) atoms. The molecule has 1 saturated carbocycles. The van der Waals surface area contributed by atoms with Gasteiger partial charge in [0.2, 0.25) is 5.79 Å². The van der Waals surface area contributed by atoms with Crippen molar-refractivity contribution < 1.29 is 24.1 Å². The van der Waals surface area contributed by atoms with Crippen LogP contribution in [0.2, 0.25) is 0 Å². The minimum absolute atomic E-state index is 0.267. The number of aliphatic hydroxyl groups is 1. The second kappa shape index (κ2) is 6.47. The highest BCUT2D eigenvalue weighted by Crippen LogP contribution is 2.48. The highest BCUT2D eigenvalue weighted by atomic mass is 16.7. The number of allylic oxidation sites excluding steroid dienone is 1. The van der Waals surface area contributed by atoms with E-state index in [1.54, 1.807) is 18.6 Å². The number of aliphatic hydroxyl groups excluding tert-OH is 1. The van der Waals surface area contributed by atoms with Gasteiger partial charge < -0.3 is 19.3 Å². The fraction of sp³-hybridized carbons (Fsp3) is 0.476. The van der Waals surface area contributed by atoms with Crippen LogP contribution in [0.5, 0.6) is 0 Å². The second-order valence-corrected chi connectivity index (χ2v) is 7.49. The van der Waals surface area contributed by atoms with Crippen molar-refractivity contribution in [2.75, 3.05) is 0 Å². The predicted molar refractivity (Wildman–Crippen MR) is 94.8 cm³/mol. The van der Waals surface area contributed by atoms with Gasteiger partial charge in [-0.3, -0.25) is 4.79 Å². The monoisotopic (exact) mass is 356 g/mol. The Labute approximate surface area is 153 Å². The van der Waals surface area contributed by atoms with E-state index < -0.39 is 23.4 Å². The van der Waals surface area contributed by atoms with Crippen LogP contribution < -0.4 is 0 Å². The summed E-state index contributed by atoms with van der Waals surface area (Å²) in [6.07, 6.45) is 7.02. The van der Waals surface area contributed by atoms with Gasteiger partial charge >= 0.3 is 5.97 Å². The molecule has 1 N–H and O–H groups in total. The Morgan fingerprint density at radius 1 is 1.12 bits per heavy atom. The van der Waals surface area contributed by atoms with Gasteiger partial charge in [-0.1, -0.05) is 36.4 Å². The van der Waals surface area contributed by atoms with E-state index in [-0.39, 0.29) is 11.9 Å². The summed E-state index contributed by atoms with van der Waals surface area (Å²) in [5.41, 5.74) is 0.330. The van der Waals surface area contributed by atoms with Crippen LogP contribution in [-0.4, -0.2) is 28.6 Å². The maximum Gasteiger partial charge on any atom is 0.313 e. The molecule has 0 amide bonds. The van der Waals surface area contributed by atoms with Crippen LogP contribution in [0.1, 0.15) is 43.6 Å². The molecule has 0 bridgehead atoms. The fourth-order valence-electron chi connectivity index (χ4n) is 4.50. The average molecular weight is 356 g/mol. The first-order valence-electron chi connectivity index (χ1n) is 9.16. The van der Waals surface area contributed by atoms with E-state index >= 15 is 0 Å².